The number of fused-ring (bicyclic) bond motifs is 2. The number of rotatable bonds is 12. The van der Waals surface area contributed by atoms with Gasteiger partial charge in [0.25, 0.3) is 0 Å². The van der Waals surface area contributed by atoms with Gasteiger partial charge in [-0.25, -0.2) is 0 Å². The second kappa shape index (κ2) is 15.4. The SMILES string of the molecule is CCCc1[cH-]c2cccc(-c3ccc(C(C)CC)cc3)c2c1[Si](C)(C)c1c(CCC)[cH-]c2cccc(-c3ccc(C(C)CC)cc3)c12.[Zr+2]. The van der Waals surface area contributed by atoms with E-state index in [1.54, 1.807) is 21.5 Å². The minimum absolute atomic E-state index is 0. The summed E-state index contributed by atoms with van der Waals surface area (Å²) in [5, 5.41) is 9.11. The van der Waals surface area contributed by atoms with Gasteiger partial charge < -0.3 is 0 Å². The molecule has 0 fully saturated rings. The van der Waals surface area contributed by atoms with Crippen molar-refractivity contribution in [3.63, 3.8) is 0 Å². The van der Waals surface area contributed by atoms with Crippen molar-refractivity contribution in [3.8, 4) is 22.3 Å². The first-order valence-electron chi connectivity index (χ1n) is 18.4. The molecule has 2 atom stereocenters. The van der Waals surface area contributed by atoms with Crippen LogP contribution < -0.4 is 10.4 Å². The van der Waals surface area contributed by atoms with E-state index in [0.29, 0.717) is 11.8 Å². The number of hydrogen-bond donors (Lipinski definition) is 0. The van der Waals surface area contributed by atoms with Crippen molar-refractivity contribution in [1.82, 2.24) is 0 Å². The van der Waals surface area contributed by atoms with E-state index in [1.165, 1.54) is 67.8 Å². The van der Waals surface area contributed by atoms with Gasteiger partial charge in [-0.15, -0.1) is 69.1 Å². The van der Waals surface area contributed by atoms with E-state index in [-0.39, 0.29) is 26.2 Å². The third-order valence-electron chi connectivity index (χ3n) is 11.1. The summed E-state index contributed by atoms with van der Waals surface area (Å²) in [6, 6.07) is 38.1. The Labute approximate surface area is 310 Å². The van der Waals surface area contributed by atoms with E-state index < -0.39 is 8.07 Å². The van der Waals surface area contributed by atoms with Crippen LogP contribution in [0.15, 0.2) is 97.1 Å². The third-order valence-corrected chi connectivity index (χ3v) is 14.7. The molecule has 246 valence electrons. The summed E-state index contributed by atoms with van der Waals surface area (Å²) in [4.78, 5) is 0. The van der Waals surface area contributed by atoms with Crippen LogP contribution >= 0.6 is 0 Å². The van der Waals surface area contributed by atoms with Crippen molar-refractivity contribution in [2.24, 2.45) is 0 Å². The molecule has 6 aromatic rings. The summed E-state index contributed by atoms with van der Waals surface area (Å²) >= 11 is 0. The molecule has 2 unspecified atom stereocenters. The molecule has 48 heavy (non-hydrogen) atoms. The van der Waals surface area contributed by atoms with Crippen LogP contribution in [0, 0.1) is 0 Å². The zero-order chi connectivity index (χ0) is 33.3. The molecular weight excluding hydrogens is 672 g/mol. The van der Waals surface area contributed by atoms with Gasteiger partial charge in [-0.2, -0.15) is 10.4 Å². The predicted octanol–water partition coefficient (Wildman–Crippen LogP) is 12.5. The van der Waals surface area contributed by atoms with E-state index in [2.05, 4.69) is 152 Å². The molecule has 0 saturated heterocycles. The summed E-state index contributed by atoms with van der Waals surface area (Å²) in [7, 11) is -2.24. The molecule has 0 bridgehead atoms. The summed E-state index contributed by atoms with van der Waals surface area (Å²) < 4.78 is 0. The number of benzene rings is 4. The zero-order valence-electron chi connectivity index (χ0n) is 30.6. The average Bonchev–Trinajstić information content (AvgIpc) is 3.67. The van der Waals surface area contributed by atoms with Crippen LogP contribution in [0.1, 0.15) is 101 Å². The van der Waals surface area contributed by atoms with Crippen molar-refractivity contribution in [2.45, 2.75) is 105 Å². The fourth-order valence-corrected chi connectivity index (χ4v) is 12.3. The summed E-state index contributed by atoms with van der Waals surface area (Å²) in [6.45, 7) is 19.2. The minimum atomic E-state index is -2.24. The average molecular weight is 726 g/mol. The second-order valence-electron chi connectivity index (χ2n) is 14.6. The van der Waals surface area contributed by atoms with E-state index in [4.69, 9.17) is 0 Å². The first-order valence-corrected chi connectivity index (χ1v) is 21.4. The molecule has 0 radical (unpaired) electrons. The number of aryl methyl sites for hydroxylation is 2. The molecule has 0 aliphatic carbocycles. The Morgan fingerprint density at radius 3 is 1.25 bits per heavy atom. The molecule has 0 heterocycles. The maximum atomic E-state index is 2.65. The fourth-order valence-electron chi connectivity index (χ4n) is 8.20. The molecular formula is C46H54SiZr. The van der Waals surface area contributed by atoms with Crippen molar-refractivity contribution in [2.75, 3.05) is 0 Å². The van der Waals surface area contributed by atoms with Crippen LogP contribution in [0.2, 0.25) is 13.1 Å². The Bertz CT molecular complexity index is 1820. The van der Waals surface area contributed by atoms with Gasteiger partial charge in [0.15, 0.2) is 0 Å². The van der Waals surface area contributed by atoms with Gasteiger partial charge >= 0.3 is 26.2 Å². The van der Waals surface area contributed by atoms with Gasteiger partial charge in [0.1, 0.15) is 0 Å². The molecule has 0 saturated carbocycles. The van der Waals surface area contributed by atoms with Crippen molar-refractivity contribution >= 4 is 40.0 Å². The van der Waals surface area contributed by atoms with Gasteiger partial charge in [-0.3, -0.25) is 0 Å². The van der Waals surface area contributed by atoms with Gasteiger partial charge in [0.05, 0.1) is 0 Å². The van der Waals surface area contributed by atoms with Gasteiger partial charge in [0, 0.05) is 8.07 Å². The molecule has 0 aromatic heterocycles. The zero-order valence-corrected chi connectivity index (χ0v) is 34.1. The predicted molar refractivity (Wildman–Crippen MR) is 212 cm³/mol. The smallest absolute Gasteiger partial charge is 0.158 e. The van der Waals surface area contributed by atoms with Crippen molar-refractivity contribution in [3.05, 3.63) is 119 Å². The Morgan fingerprint density at radius 2 is 0.917 bits per heavy atom. The Balaban J connectivity index is 0.00000451. The van der Waals surface area contributed by atoms with Gasteiger partial charge in [0.2, 0.25) is 0 Å². The fraction of sp³-hybridized carbons (Fsp3) is 0.348. The largest absolute Gasteiger partial charge is 2.00 e. The number of hydrogen-bond acceptors (Lipinski definition) is 0. The van der Waals surface area contributed by atoms with Gasteiger partial charge in [-0.1, -0.05) is 139 Å². The maximum absolute atomic E-state index is 2.65. The molecule has 2 heteroatoms. The van der Waals surface area contributed by atoms with E-state index >= 15 is 0 Å². The van der Waals surface area contributed by atoms with Crippen LogP contribution in [-0.2, 0) is 39.0 Å². The molecule has 0 amide bonds. The second-order valence-corrected chi connectivity index (χ2v) is 18.9. The van der Waals surface area contributed by atoms with E-state index in [0.717, 1.165) is 25.7 Å². The Hall–Kier alpha value is -2.80. The standard InChI is InChI=1S/C46H54Si.Zr/c1-9-15-39-29-37-17-13-19-41(35-25-21-33(22-26-35)31(5)11-3)43(37)45(39)47(7,8)46-40(16-10-2)30-38-18-14-20-42(44(38)46)36-27-23-34(24-28-36)32(6)12-4;/h13-14,17-32H,9-12,15-16H2,1-8H3;/q-2;+2. The molecule has 0 spiro atoms. The molecule has 6 rings (SSSR count). The van der Waals surface area contributed by atoms with Crippen molar-refractivity contribution in [1.29, 1.82) is 0 Å². The van der Waals surface area contributed by atoms with Gasteiger partial charge in [-0.05, 0) is 59.8 Å². The first kappa shape index (κ1) is 36.5. The van der Waals surface area contributed by atoms with E-state index in [9.17, 15) is 0 Å². The molecule has 0 aliphatic rings. The minimum Gasteiger partial charge on any atom is -0.158 e. The third kappa shape index (κ3) is 6.69. The van der Waals surface area contributed by atoms with Crippen LogP contribution in [-0.4, -0.2) is 8.07 Å². The van der Waals surface area contributed by atoms with Crippen molar-refractivity contribution < 1.29 is 26.2 Å². The van der Waals surface area contributed by atoms with Crippen LogP contribution in [0.5, 0.6) is 0 Å². The molecule has 0 N–H and O–H groups in total. The quantitative estimate of drug-likeness (QED) is 0.0870. The molecule has 0 aliphatic heterocycles. The maximum Gasteiger partial charge on any atom is 2.00 e. The summed E-state index contributed by atoms with van der Waals surface area (Å²) in [5.74, 6) is 1.17. The van der Waals surface area contributed by atoms with E-state index in [1.807, 2.05) is 0 Å². The Morgan fingerprint density at radius 1 is 0.542 bits per heavy atom. The Kier molecular flexibility index (Phi) is 11.7. The molecule has 0 nitrogen and oxygen atoms in total. The summed E-state index contributed by atoms with van der Waals surface area (Å²) in [5.41, 5.74) is 11.5. The van der Waals surface area contributed by atoms with Crippen LogP contribution in [0.25, 0.3) is 43.8 Å². The first-order chi connectivity index (χ1) is 22.7. The monoisotopic (exact) mass is 724 g/mol. The topological polar surface area (TPSA) is 0 Å². The summed E-state index contributed by atoms with van der Waals surface area (Å²) in [6.07, 6.45) is 6.89. The van der Waals surface area contributed by atoms with Crippen LogP contribution in [0.4, 0.5) is 0 Å². The normalized spacial score (nSPS) is 13.2. The molecule has 6 aromatic carbocycles. The van der Waals surface area contributed by atoms with Crippen LogP contribution in [0.3, 0.4) is 0 Å².